The molecule has 1 saturated heterocycles. The third-order valence-electron chi connectivity index (χ3n) is 7.20. The first-order valence-corrected chi connectivity index (χ1v) is 11.6. The van der Waals surface area contributed by atoms with Gasteiger partial charge >= 0.3 is 6.09 Å². The van der Waals surface area contributed by atoms with Crippen LogP contribution in [0.2, 0.25) is 0 Å². The Bertz CT molecular complexity index is 1100. The van der Waals surface area contributed by atoms with Crippen LogP contribution in [0.3, 0.4) is 0 Å². The van der Waals surface area contributed by atoms with E-state index in [4.69, 9.17) is 4.74 Å². The van der Waals surface area contributed by atoms with E-state index in [2.05, 4.69) is 65.8 Å². The molecule has 3 N–H and O–H groups in total. The number of carbonyl (C=O) groups excluding carboxylic acids is 2. The summed E-state index contributed by atoms with van der Waals surface area (Å²) >= 11 is 0. The maximum atomic E-state index is 13.6. The summed E-state index contributed by atoms with van der Waals surface area (Å²) in [5.74, 6) is -0.134. The average Bonchev–Trinajstić information content (AvgIpc) is 3.51. The summed E-state index contributed by atoms with van der Waals surface area (Å²) in [6.07, 6.45) is 5.14. The molecular formula is C25H35N5O3. The number of amides is 2. The lowest BCUT2D eigenvalue weighted by atomic mass is 9.92. The third kappa shape index (κ3) is 3.92. The smallest absolute Gasteiger partial charge is 0.407 e. The number of rotatable bonds is 5. The number of aryl methyl sites for hydroxylation is 2. The van der Waals surface area contributed by atoms with E-state index >= 15 is 0 Å². The molecule has 3 atom stereocenters. The van der Waals surface area contributed by atoms with Crippen LogP contribution in [0.5, 0.6) is 0 Å². The fourth-order valence-corrected chi connectivity index (χ4v) is 5.19. The second-order valence-corrected chi connectivity index (χ2v) is 9.73. The number of nitrogens with zero attached hydrogens (tertiary/aromatic N) is 2. The van der Waals surface area contributed by atoms with E-state index in [1.807, 2.05) is 24.9 Å². The Morgan fingerprint density at radius 3 is 2.73 bits per heavy atom. The summed E-state index contributed by atoms with van der Waals surface area (Å²) < 4.78 is 6.89. The first kappa shape index (κ1) is 23.0. The number of hydrogen-bond donors (Lipinski definition) is 3. The van der Waals surface area contributed by atoms with Crippen molar-refractivity contribution in [2.75, 3.05) is 13.7 Å². The number of benzene rings is 1. The van der Waals surface area contributed by atoms with Crippen molar-refractivity contribution in [3.8, 4) is 0 Å². The second-order valence-electron chi connectivity index (χ2n) is 9.73. The predicted molar refractivity (Wildman–Crippen MR) is 129 cm³/mol. The van der Waals surface area contributed by atoms with Gasteiger partial charge in [0.1, 0.15) is 12.2 Å². The van der Waals surface area contributed by atoms with E-state index in [0.717, 1.165) is 24.1 Å². The number of nitrogens with one attached hydrogen (secondary N) is 3. The standard InChI is InChI=1S/C25H35N5O3/c1-15(2)20(28-24(32)33-6)22(31)30-12-7-11-25(30,4)23-26-14-19(27-23)18-9-8-16(3)17-10-13-29(5)21(17)18/h8-10,13-15,20,23,26-27H,7,11-12H2,1-6H3,(H,28,32)/t20-,23?,25-/m0/s1. The van der Waals surface area contributed by atoms with E-state index in [-0.39, 0.29) is 18.0 Å². The minimum atomic E-state index is -0.635. The van der Waals surface area contributed by atoms with Crippen LogP contribution in [-0.4, -0.2) is 52.9 Å². The maximum absolute atomic E-state index is 13.6. The molecule has 0 aliphatic carbocycles. The number of ether oxygens (including phenoxy) is 1. The molecule has 2 aromatic rings. The average molecular weight is 454 g/mol. The summed E-state index contributed by atoms with van der Waals surface area (Å²) in [5, 5.41) is 11.1. The molecule has 0 saturated carbocycles. The van der Waals surface area contributed by atoms with Gasteiger partial charge in [-0.25, -0.2) is 4.79 Å². The highest BCUT2D eigenvalue weighted by molar-refractivity contribution is 5.94. The van der Waals surface area contributed by atoms with E-state index in [0.29, 0.717) is 6.54 Å². The van der Waals surface area contributed by atoms with Crippen molar-refractivity contribution < 1.29 is 14.3 Å². The molecule has 8 heteroatoms. The zero-order valence-corrected chi connectivity index (χ0v) is 20.4. The molecule has 178 valence electrons. The number of methoxy groups -OCH3 is 1. The van der Waals surface area contributed by atoms with Crippen LogP contribution >= 0.6 is 0 Å². The highest BCUT2D eigenvalue weighted by atomic mass is 16.5. The van der Waals surface area contributed by atoms with Gasteiger partial charge in [0, 0.05) is 36.9 Å². The highest BCUT2D eigenvalue weighted by Gasteiger charge is 2.49. The molecule has 8 nitrogen and oxygen atoms in total. The summed E-state index contributed by atoms with van der Waals surface area (Å²) in [6.45, 7) is 8.76. The normalized spacial score (nSPS) is 23.3. The predicted octanol–water partition coefficient (Wildman–Crippen LogP) is 3.07. The van der Waals surface area contributed by atoms with E-state index < -0.39 is 17.7 Å². The molecule has 1 fully saturated rings. The summed E-state index contributed by atoms with van der Waals surface area (Å²) in [5.41, 5.74) is 4.13. The third-order valence-corrected chi connectivity index (χ3v) is 7.20. The van der Waals surface area contributed by atoms with Crippen molar-refractivity contribution in [2.24, 2.45) is 13.0 Å². The first-order chi connectivity index (χ1) is 15.7. The van der Waals surface area contributed by atoms with Crippen LogP contribution < -0.4 is 16.0 Å². The number of carbonyl (C=O) groups is 2. The van der Waals surface area contributed by atoms with Gasteiger partial charge in [0.05, 0.1) is 23.9 Å². The molecule has 0 bridgehead atoms. The van der Waals surface area contributed by atoms with Gasteiger partial charge < -0.3 is 30.2 Å². The molecule has 0 spiro atoms. The molecule has 1 aromatic heterocycles. The van der Waals surface area contributed by atoms with Gasteiger partial charge in [-0.1, -0.05) is 26.0 Å². The van der Waals surface area contributed by atoms with Gasteiger partial charge in [0.2, 0.25) is 5.91 Å². The van der Waals surface area contributed by atoms with Crippen LogP contribution in [0.15, 0.2) is 30.6 Å². The Kier molecular flexibility index (Phi) is 6.03. The van der Waals surface area contributed by atoms with Crippen LogP contribution in [0.25, 0.3) is 16.6 Å². The zero-order valence-electron chi connectivity index (χ0n) is 20.4. The topological polar surface area (TPSA) is 87.6 Å². The number of aromatic nitrogens is 1. The Balaban J connectivity index is 1.57. The highest BCUT2D eigenvalue weighted by Crippen LogP contribution is 2.36. The van der Waals surface area contributed by atoms with Crippen LogP contribution in [0.1, 0.15) is 44.7 Å². The molecule has 2 amide bonds. The largest absolute Gasteiger partial charge is 0.453 e. The quantitative estimate of drug-likeness (QED) is 0.648. The fraction of sp³-hybridized carbons (Fsp3) is 0.520. The molecule has 33 heavy (non-hydrogen) atoms. The molecule has 4 rings (SSSR count). The van der Waals surface area contributed by atoms with Crippen molar-refractivity contribution in [1.82, 2.24) is 25.4 Å². The summed E-state index contributed by atoms with van der Waals surface area (Å²) in [7, 11) is 3.37. The van der Waals surface area contributed by atoms with Gasteiger partial charge in [0.25, 0.3) is 0 Å². The monoisotopic (exact) mass is 453 g/mol. The Morgan fingerprint density at radius 2 is 2.03 bits per heavy atom. The van der Waals surface area contributed by atoms with Crippen molar-refractivity contribution >= 4 is 28.6 Å². The van der Waals surface area contributed by atoms with Crippen molar-refractivity contribution in [3.63, 3.8) is 0 Å². The lowest BCUT2D eigenvalue weighted by Crippen LogP contribution is -2.64. The van der Waals surface area contributed by atoms with Gasteiger partial charge in [-0.3, -0.25) is 4.79 Å². The number of hydrogen-bond acceptors (Lipinski definition) is 5. The van der Waals surface area contributed by atoms with Crippen LogP contribution in [0, 0.1) is 12.8 Å². The SMILES string of the molecule is COC(=O)N[C@H](C(=O)N1CCC[C@@]1(C)C1NC=C(c2ccc(C)c3ccn(C)c23)N1)C(C)C. The maximum Gasteiger partial charge on any atom is 0.407 e. The van der Waals surface area contributed by atoms with Gasteiger partial charge in [0.15, 0.2) is 0 Å². The molecule has 0 radical (unpaired) electrons. The second kappa shape index (κ2) is 8.65. The first-order valence-electron chi connectivity index (χ1n) is 11.6. The number of fused-ring (bicyclic) bond motifs is 1. The van der Waals surface area contributed by atoms with Gasteiger partial charge in [-0.2, -0.15) is 0 Å². The van der Waals surface area contributed by atoms with Crippen molar-refractivity contribution in [1.29, 1.82) is 0 Å². The zero-order chi connectivity index (χ0) is 23.9. The summed E-state index contributed by atoms with van der Waals surface area (Å²) in [4.78, 5) is 27.3. The summed E-state index contributed by atoms with van der Waals surface area (Å²) in [6, 6.07) is 5.80. The van der Waals surface area contributed by atoms with Crippen molar-refractivity contribution in [2.45, 2.75) is 58.3 Å². The lowest BCUT2D eigenvalue weighted by Gasteiger charge is -2.42. The minimum absolute atomic E-state index is 0.0576. The molecule has 1 aromatic carbocycles. The lowest BCUT2D eigenvalue weighted by molar-refractivity contribution is -0.139. The fourth-order valence-electron chi connectivity index (χ4n) is 5.19. The van der Waals surface area contributed by atoms with E-state index in [1.165, 1.54) is 23.6 Å². The van der Waals surface area contributed by atoms with Crippen LogP contribution in [0.4, 0.5) is 4.79 Å². The molecular weight excluding hydrogens is 418 g/mol. The Labute approximate surface area is 195 Å². The Morgan fingerprint density at radius 1 is 1.27 bits per heavy atom. The van der Waals surface area contributed by atoms with Crippen molar-refractivity contribution in [3.05, 3.63) is 41.7 Å². The minimum Gasteiger partial charge on any atom is -0.453 e. The van der Waals surface area contributed by atoms with E-state index in [1.54, 1.807) is 0 Å². The number of alkyl carbamates (subject to hydrolysis) is 1. The Hall–Kier alpha value is -3.16. The van der Waals surface area contributed by atoms with E-state index in [9.17, 15) is 9.59 Å². The molecule has 3 heterocycles. The van der Waals surface area contributed by atoms with Crippen LogP contribution in [-0.2, 0) is 16.6 Å². The number of likely N-dealkylation sites (tertiary alicyclic amines) is 1. The molecule has 2 aliphatic heterocycles. The molecule has 1 unspecified atom stereocenters. The molecule has 2 aliphatic rings. The van der Waals surface area contributed by atoms with Gasteiger partial charge in [-0.15, -0.1) is 0 Å². The van der Waals surface area contributed by atoms with Gasteiger partial charge in [-0.05, 0) is 44.2 Å².